The van der Waals surface area contributed by atoms with Crippen LogP contribution in [0.4, 0.5) is 5.69 Å². The molecule has 2 heterocycles. The standard InChI is InChI=1S/C28H19Br2N3O4S/c1-37-26-17(11-18(29)14-22(26)30)13-23-27(34)32-25(16-6-4-7-19(12-16)33(35)36)21-10-9-15-5-2-3-8-20(15)24(21)31-28(32)38-23/h2-8,11-14,25H,9-10H2,1H3/b23-13-/t25-/m1/s1. The van der Waals surface area contributed by atoms with E-state index in [-0.39, 0.29) is 11.2 Å². The summed E-state index contributed by atoms with van der Waals surface area (Å²) in [7, 11) is 1.58. The van der Waals surface area contributed by atoms with Crippen LogP contribution in [-0.2, 0) is 6.42 Å². The zero-order chi connectivity index (χ0) is 26.6. The van der Waals surface area contributed by atoms with Gasteiger partial charge < -0.3 is 4.74 Å². The smallest absolute Gasteiger partial charge is 0.271 e. The Kier molecular flexibility index (Phi) is 6.41. The van der Waals surface area contributed by atoms with Crippen LogP contribution in [0, 0.1) is 10.1 Å². The lowest BCUT2D eigenvalue weighted by Crippen LogP contribution is -2.38. The van der Waals surface area contributed by atoms with Gasteiger partial charge in [-0.1, -0.05) is 63.7 Å². The third kappa shape index (κ3) is 4.16. The molecular formula is C28H19Br2N3O4S. The molecule has 0 saturated carbocycles. The zero-order valence-corrected chi connectivity index (χ0v) is 24.0. The molecule has 0 fully saturated rings. The normalized spacial score (nSPS) is 16.4. The summed E-state index contributed by atoms with van der Waals surface area (Å²) < 4.78 is 9.37. The van der Waals surface area contributed by atoms with E-state index in [2.05, 4.69) is 44.0 Å². The molecule has 1 aliphatic carbocycles. The van der Waals surface area contributed by atoms with Gasteiger partial charge in [-0.25, -0.2) is 4.99 Å². The third-order valence-electron chi connectivity index (χ3n) is 6.80. The molecule has 0 bridgehead atoms. The monoisotopic (exact) mass is 651 g/mol. The SMILES string of the molecule is COc1c(Br)cc(Br)cc1/C=c1\sc2n(c1=O)[C@H](c1cccc([N+](=O)[O-])c1)C1=C(N=2)c2ccccc2CC1. The first-order chi connectivity index (χ1) is 18.4. The number of nitro groups is 1. The number of non-ortho nitro benzene ring substituents is 1. The van der Waals surface area contributed by atoms with E-state index >= 15 is 0 Å². The zero-order valence-electron chi connectivity index (χ0n) is 20.0. The highest BCUT2D eigenvalue weighted by Crippen LogP contribution is 2.41. The molecule has 1 aromatic heterocycles. The Morgan fingerprint density at radius 3 is 2.74 bits per heavy atom. The number of halogens is 2. The van der Waals surface area contributed by atoms with Crippen molar-refractivity contribution in [3.63, 3.8) is 0 Å². The Hall–Kier alpha value is -3.34. The second-order valence-electron chi connectivity index (χ2n) is 8.98. The number of benzene rings is 3. The lowest BCUT2D eigenvalue weighted by molar-refractivity contribution is -0.384. The van der Waals surface area contributed by atoms with Crippen LogP contribution in [0.25, 0.3) is 11.8 Å². The molecule has 3 aromatic carbocycles. The molecule has 0 spiro atoms. The predicted molar refractivity (Wildman–Crippen MR) is 154 cm³/mol. The number of fused-ring (bicyclic) bond motifs is 3. The number of rotatable bonds is 4. The maximum Gasteiger partial charge on any atom is 0.271 e. The summed E-state index contributed by atoms with van der Waals surface area (Å²) in [5.74, 6) is 0.613. The van der Waals surface area contributed by atoms with E-state index in [4.69, 9.17) is 9.73 Å². The summed E-state index contributed by atoms with van der Waals surface area (Å²) in [6.07, 6.45) is 3.32. The van der Waals surface area contributed by atoms with E-state index in [0.717, 1.165) is 37.8 Å². The molecule has 2 aliphatic rings. The van der Waals surface area contributed by atoms with Crippen molar-refractivity contribution in [1.29, 1.82) is 0 Å². The molecule has 1 atom stereocenters. The van der Waals surface area contributed by atoms with Crippen LogP contribution in [-0.4, -0.2) is 16.6 Å². The van der Waals surface area contributed by atoms with Crippen molar-refractivity contribution >= 4 is 60.7 Å². The average Bonchev–Trinajstić information content (AvgIpc) is 3.21. The number of aryl methyl sites for hydroxylation is 1. The minimum absolute atomic E-state index is 0.0105. The quantitative estimate of drug-likeness (QED) is 0.207. The van der Waals surface area contributed by atoms with Crippen LogP contribution in [0.2, 0.25) is 0 Å². The van der Waals surface area contributed by atoms with Crippen molar-refractivity contribution in [1.82, 2.24) is 4.57 Å². The van der Waals surface area contributed by atoms with Crippen molar-refractivity contribution in [3.05, 3.63) is 127 Å². The molecule has 4 aromatic rings. The molecule has 7 nitrogen and oxygen atoms in total. The number of nitrogens with zero attached hydrogens (tertiary/aromatic N) is 3. The first-order valence-corrected chi connectivity index (χ1v) is 14.2. The van der Waals surface area contributed by atoms with Crippen LogP contribution in [0.5, 0.6) is 5.75 Å². The van der Waals surface area contributed by atoms with Crippen molar-refractivity contribution in [3.8, 4) is 5.75 Å². The van der Waals surface area contributed by atoms with Crippen LogP contribution < -0.4 is 19.6 Å². The van der Waals surface area contributed by atoms with Gasteiger partial charge in [0.2, 0.25) is 0 Å². The third-order valence-corrected chi connectivity index (χ3v) is 8.83. The van der Waals surface area contributed by atoms with Crippen molar-refractivity contribution < 1.29 is 9.66 Å². The first-order valence-electron chi connectivity index (χ1n) is 11.8. The second-order valence-corrected chi connectivity index (χ2v) is 11.8. The van der Waals surface area contributed by atoms with Crippen molar-refractivity contribution in [2.24, 2.45) is 4.99 Å². The number of hydrogen-bond acceptors (Lipinski definition) is 6. The van der Waals surface area contributed by atoms with E-state index in [9.17, 15) is 14.9 Å². The number of ether oxygens (including phenoxy) is 1. The van der Waals surface area contributed by atoms with E-state index < -0.39 is 11.0 Å². The maximum atomic E-state index is 14.0. The fourth-order valence-electron chi connectivity index (χ4n) is 5.17. The number of hydrogen-bond donors (Lipinski definition) is 0. The van der Waals surface area contributed by atoms with E-state index in [1.165, 1.54) is 23.0 Å². The summed E-state index contributed by atoms with van der Waals surface area (Å²) in [4.78, 5) is 30.7. The van der Waals surface area contributed by atoms with Gasteiger partial charge in [-0.05, 0) is 63.7 Å². The van der Waals surface area contributed by atoms with E-state index in [0.29, 0.717) is 27.1 Å². The molecule has 10 heteroatoms. The molecule has 38 heavy (non-hydrogen) atoms. The molecule has 0 radical (unpaired) electrons. The lowest BCUT2D eigenvalue weighted by atomic mass is 9.83. The summed E-state index contributed by atoms with van der Waals surface area (Å²) in [5, 5.41) is 11.6. The largest absolute Gasteiger partial charge is 0.495 e. The van der Waals surface area contributed by atoms with Gasteiger partial charge in [-0.15, -0.1) is 0 Å². The molecule has 0 N–H and O–H groups in total. The van der Waals surface area contributed by atoms with Gasteiger partial charge in [0, 0.05) is 27.7 Å². The highest BCUT2D eigenvalue weighted by atomic mass is 79.9. The van der Waals surface area contributed by atoms with Gasteiger partial charge in [-0.3, -0.25) is 19.5 Å². The van der Waals surface area contributed by atoms with E-state index in [1.807, 2.05) is 30.3 Å². The molecule has 0 unspecified atom stereocenters. The van der Waals surface area contributed by atoms with Gasteiger partial charge in [0.1, 0.15) is 5.75 Å². The van der Waals surface area contributed by atoms with Gasteiger partial charge in [0.25, 0.3) is 11.2 Å². The topological polar surface area (TPSA) is 86.7 Å². The van der Waals surface area contributed by atoms with Gasteiger partial charge >= 0.3 is 0 Å². The van der Waals surface area contributed by atoms with Crippen LogP contribution in [0.3, 0.4) is 0 Å². The summed E-state index contributed by atoms with van der Waals surface area (Å²) in [5.41, 5.74) is 5.30. The van der Waals surface area contributed by atoms with Crippen LogP contribution >= 0.6 is 43.2 Å². The minimum Gasteiger partial charge on any atom is -0.495 e. The Morgan fingerprint density at radius 1 is 1.13 bits per heavy atom. The second kappa shape index (κ2) is 9.76. The molecule has 1 aliphatic heterocycles. The minimum atomic E-state index is -0.493. The molecule has 190 valence electrons. The van der Waals surface area contributed by atoms with Gasteiger partial charge in [0.15, 0.2) is 4.80 Å². The highest BCUT2D eigenvalue weighted by Gasteiger charge is 2.33. The van der Waals surface area contributed by atoms with Gasteiger partial charge in [-0.2, -0.15) is 0 Å². The number of nitro benzene ring substituents is 1. The van der Waals surface area contributed by atoms with E-state index in [1.54, 1.807) is 29.9 Å². The number of allylic oxidation sites excluding steroid dienone is 1. The molecule has 6 rings (SSSR count). The van der Waals surface area contributed by atoms with Crippen LogP contribution in [0.15, 0.2) is 85.0 Å². The fourth-order valence-corrected chi connectivity index (χ4v) is 7.59. The van der Waals surface area contributed by atoms with Crippen molar-refractivity contribution in [2.75, 3.05) is 7.11 Å². The Balaban J connectivity index is 1.64. The summed E-state index contributed by atoms with van der Waals surface area (Å²) >= 11 is 8.34. The van der Waals surface area contributed by atoms with Crippen LogP contribution in [0.1, 0.15) is 34.7 Å². The Bertz CT molecular complexity index is 1860. The van der Waals surface area contributed by atoms with Gasteiger partial charge in [0.05, 0.1) is 32.8 Å². The highest BCUT2D eigenvalue weighted by molar-refractivity contribution is 9.11. The summed E-state index contributed by atoms with van der Waals surface area (Å²) in [6, 6.07) is 18.0. The Morgan fingerprint density at radius 2 is 1.95 bits per heavy atom. The summed E-state index contributed by atoms with van der Waals surface area (Å²) in [6.45, 7) is 0. The first kappa shape index (κ1) is 25.0. The number of thiazole rings is 1. The number of methoxy groups -OCH3 is 1. The average molecular weight is 653 g/mol. The maximum absolute atomic E-state index is 14.0. The molecule has 0 saturated heterocycles. The predicted octanol–water partition coefficient (Wildman–Crippen LogP) is 5.76. The van der Waals surface area contributed by atoms with Crippen molar-refractivity contribution in [2.45, 2.75) is 18.9 Å². The fraction of sp³-hybridized carbons (Fsp3) is 0.143. The number of aromatic nitrogens is 1. The molecule has 0 amide bonds. The Labute approximate surface area is 237 Å². The molecular weight excluding hydrogens is 634 g/mol. The lowest BCUT2D eigenvalue weighted by Gasteiger charge is -2.30.